The number of methoxy groups -OCH3 is 3. The van der Waals surface area contributed by atoms with E-state index in [1.807, 2.05) is 36.4 Å². The molecular formula is C20H17NO5. The topological polar surface area (TPSA) is 66.9 Å². The lowest BCUT2D eigenvalue weighted by Crippen LogP contribution is -2.02. The van der Waals surface area contributed by atoms with Crippen LogP contribution in [0, 0.1) is 0 Å². The second kappa shape index (κ2) is 6.22. The molecule has 0 atom stereocenters. The number of benzene rings is 2. The standard InChI is InChI=1S/C20H17NO5/c1-23-15-8-11(9-16(24-2)19(15)25-3)17-12-6-4-5-7-13(12)21-14-10-26-20(22)18(14)17/h4-9H,10H2,1-3H3. The van der Waals surface area contributed by atoms with E-state index in [4.69, 9.17) is 18.9 Å². The van der Waals surface area contributed by atoms with Crippen LogP contribution in [0.1, 0.15) is 16.1 Å². The summed E-state index contributed by atoms with van der Waals surface area (Å²) >= 11 is 0. The predicted molar refractivity (Wildman–Crippen MR) is 96.0 cm³/mol. The van der Waals surface area contributed by atoms with Crippen LogP contribution >= 0.6 is 0 Å². The van der Waals surface area contributed by atoms with E-state index < -0.39 is 0 Å². The monoisotopic (exact) mass is 351 g/mol. The first kappa shape index (κ1) is 16.2. The van der Waals surface area contributed by atoms with Crippen molar-refractivity contribution < 1.29 is 23.7 Å². The molecule has 0 bridgehead atoms. The van der Waals surface area contributed by atoms with Crippen molar-refractivity contribution in [3.63, 3.8) is 0 Å². The number of fused-ring (bicyclic) bond motifs is 2. The second-order valence-electron chi connectivity index (χ2n) is 5.82. The molecule has 1 aliphatic heterocycles. The molecule has 0 spiro atoms. The number of cyclic esters (lactones) is 1. The molecule has 3 aromatic rings. The number of pyridine rings is 1. The largest absolute Gasteiger partial charge is 0.493 e. The third-order valence-corrected chi connectivity index (χ3v) is 4.46. The van der Waals surface area contributed by atoms with Gasteiger partial charge in [-0.25, -0.2) is 9.78 Å². The Hall–Kier alpha value is -3.28. The van der Waals surface area contributed by atoms with E-state index in [9.17, 15) is 4.79 Å². The van der Waals surface area contributed by atoms with Crippen LogP contribution in [-0.4, -0.2) is 32.3 Å². The summed E-state index contributed by atoms with van der Waals surface area (Å²) < 4.78 is 21.5. The Morgan fingerprint density at radius 3 is 2.31 bits per heavy atom. The van der Waals surface area contributed by atoms with Crippen LogP contribution in [0.2, 0.25) is 0 Å². The lowest BCUT2D eigenvalue weighted by molar-refractivity contribution is 0.0534. The highest BCUT2D eigenvalue weighted by Gasteiger charge is 2.30. The molecule has 0 aliphatic carbocycles. The number of carbonyl (C=O) groups is 1. The number of rotatable bonds is 4. The zero-order valence-corrected chi connectivity index (χ0v) is 14.7. The van der Waals surface area contributed by atoms with Crippen molar-refractivity contribution in [2.45, 2.75) is 6.61 Å². The summed E-state index contributed by atoms with van der Waals surface area (Å²) in [6.07, 6.45) is 0. The molecule has 6 heteroatoms. The Bertz CT molecular complexity index is 1000. The summed E-state index contributed by atoms with van der Waals surface area (Å²) in [7, 11) is 4.67. The summed E-state index contributed by atoms with van der Waals surface area (Å²) in [6, 6.07) is 11.3. The van der Waals surface area contributed by atoms with Gasteiger partial charge in [0, 0.05) is 10.9 Å². The van der Waals surface area contributed by atoms with Crippen molar-refractivity contribution in [3.05, 3.63) is 47.7 Å². The van der Waals surface area contributed by atoms with Gasteiger partial charge in [-0.05, 0) is 23.8 Å². The molecule has 0 unspecified atom stereocenters. The van der Waals surface area contributed by atoms with E-state index in [0.717, 1.165) is 22.0 Å². The number of hydrogen-bond donors (Lipinski definition) is 0. The van der Waals surface area contributed by atoms with Gasteiger partial charge in [0.15, 0.2) is 11.5 Å². The average Bonchev–Trinajstić information content (AvgIpc) is 3.05. The van der Waals surface area contributed by atoms with E-state index >= 15 is 0 Å². The first-order chi connectivity index (χ1) is 12.7. The molecule has 2 heterocycles. The van der Waals surface area contributed by atoms with Gasteiger partial charge in [-0.15, -0.1) is 0 Å². The fourth-order valence-electron chi connectivity index (χ4n) is 3.32. The third-order valence-electron chi connectivity index (χ3n) is 4.46. The van der Waals surface area contributed by atoms with E-state index in [2.05, 4.69) is 4.98 Å². The van der Waals surface area contributed by atoms with Crippen LogP contribution in [0.4, 0.5) is 0 Å². The maximum absolute atomic E-state index is 12.4. The highest BCUT2D eigenvalue weighted by atomic mass is 16.5. The van der Waals surface area contributed by atoms with Gasteiger partial charge in [0.2, 0.25) is 5.75 Å². The molecule has 6 nitrogen and oxygen atoms in total. The van der Waals surface area contributed by atoms with Crippen molar-refractivity contribution in [2.75, 3.05) is 21.3 Å². The lowest BCUT2D eigenvalue weighted by Gasteiger charge is -2.16. The number of esters is 1. The predicted octanol–water partition coefficient (Wildman–Crippen LogP) is 3.60. The molecule has 132 valence electrons. The molecule has 2 aromatic carbocycles. The molecule has 26 heavy (non-hydrogen) atoms. The quantitative estimate of drug-likeness (QED) is 0.669. The molecule has 0 saturated carbocycles. The molecule has 1 aliphatic rings. The van der Waals surface area contributed by atoms with Crippen molar-refractivity contribution >= 4 is 16.9 Å². The summed E-state index contributed by atoms with van der Waals surface area (Å²) in [5.74, 6) is 1.16. The summed E-state index contributed by atoms with van der Waals surface area (Å²) in [6.45, 7) is 0.177. The fraction of sp³-hybridized carbons (Fsp3) is 0.200. The van der Waals surface area contributed by atoms with Gasteiger partial charge >= 0.3 is 5.97 Å². The van der Waals surface area contributed by atoms with Crippen molar-refractivity contribution in [3.8, 4) is 28.4 Å². The smallest absolute Gasteiger partial charge is 0.341 e. The number of nitrogens with zero attached hydrogens (tertiary/aromatic N) is 1. The Morgan fingerprint density at radius 1 is 0.962 bits per heavy atom. The van der Waals surface area contributed by atoms with E-state index in [1.165, 1.54) is 0 Å². The molecule has 1 aromatic heterocycles. The fourth-order valence-corrected chi connectivity index (χ4v) is 3.32. The Kier molecular flexibility index (Phi) is 3.88. The molecule has 4 rings (SSSR count). The van der Waals surface area contributed by atoms with Gasteiger partial charge in [-0.2, -0.15) is 0 Å². The number of aromatic nitrogens is 1. The number of carbonyl (C=O) groups excluding carboxylic acids is 1. The Balaban J connectivity index is 2.09. The summed E-state index contributed by atoms with van der Waals surface area (Å²) in [4.78, 5) is 17.0. The van der Waals surface area contributed by atoms with E-state index in [0.29, 0.717) is 28.5 Å². The number of hydrogen-bond acceptors (Lipinski definition) is 6. The molecule has 0 N–H and O–H groups in total. The minimum absolute atomic E-state index is 0.177. The lowest BCUT2D eigenvalue weighted by atomic mass is 9.94. The van der Waals surface area contributed by atoms with Crippen LogP contribution in [0.5, 0.6) is 17.2 Å². The minimum Gasteiger partial charge on any atom is -0.493 e. The molecular weight excluding hydrogens is 334 g/mol. The summed E-state index contributed by atoms with van der Waals surface area (Å²) in [5, 5.41) is 0.861. The highest BCUT2D eigenvalue weighted by Crippen LogP contribution is 2.44. The number of ether oxygens (including phenoxy) is 4. The van der Waals surface area contributed by atoms with Gasteiger partial charge in [0.25, 0.3) is 0 Å². The van der Waals surface area contributed by atoms with Crippen LogP contribution in [-0.2, 0) is 11.3 Å². The maximum Gasteiger partial charge on any atom is 0.341 e. The summed E-state index contributed by atoms with van der Waals surface area (Å²) in [5.41, 5.74) is 3.45. The first-order valence-electron chi connectivity index (χ1n) is 8.07. The van der Waals surface area contributed by atoms with Gasteiger partial charge in [-0.3, -0.25) is 0 Å². The molecule has 0 radical (unpaired) electrons. The van der Waals surface area contributed by atoms with Gasteiger partial charge in [0.05, 0.1) is 38.1 Å². The van der Waals surface area contributed by atoms with Crippen molar-refractivity contribution in [2.24, 2.45) is 0 Å². The Morgan fingerprint density at radius 2 is 1.65 bits per heavy atom. The van der Waals surface area contributed by atoms with Crippen molar-refractivity contribution in [1.29, 1.82) is 0 Å². The first-order valence-corrected chi connectivity index (χ1v) is 8.07. The highest BCUT2D eigenvalue weighted by molar-refractivity contribution is 6.09. The van der Waals surface area contributed by atoms with Gasteiger partial charge in [0.1, 0.15) is 6.61 Å². The van der Waals surface area contributed by atoms with Gasteiger partial charge < -0.3 is 18.9 Å². The molecule has 0 amide bonds. The second-order valence-corrected chi connectivity index (χ2v) is 5.82. The van der Waals surface area contributed by atoms with Crippen LogP contribution in [0.25, 0.3) is 22.0 Å². The van der Waals surface area contributed by atoms with Gasteiger partial charge in [-0.1, -0.05) is 18.2 Å². The normalized spacial score (nSPS) is 12.7. The van der Waals surface area contributed by atoms with E-state index in [1.54, 1.807) is 21.3 Å². The number of para-hydroxylation sites is 1. The SMILES string of the molecule is COc1cc(-c2c3c(nc4ccccc24)COC3=O)cc(OC)c1OC. The van der Waals surface area contributed by atoms with Crippen LogP contribution in [0.3, 0.4) is 0 Å². The molecule has 0 saturated heterocycles. The molecule has 0 fully saturated rings. The van der Waals surface area contributed by atoms with Crippen LogP contribution < -0.4 is 14.2 Å². The van der Waals surface area contributed by atoms with Crippen molar-refractivity contribution in [1.82, 2.24) is 4.98 Å². The Labute approximate surface area is 150 Å². The maximum atomic E-state index is 12.4. The average molecular weight is 351 g/mol. The van der Waals surface area contributed by atoms with E-state index in [-0.39, 0.29) is 12.6 Å². The minimum atomic E-state index is -0.373. The van der Waals surface area contributed by atoms with Crippen LogP contribution in [0.15, 0.2) is 36.4 Å². The third kappa shape index (κ3) is 2.34. The zero-order valence-electron chi connectivity index (χ0n) is 14.7. The zero-order chi connectivity index (χ0) is 18.3.